The number of benzene rings is 2. The lowest BCUT2D eigenvalue weighted by molar-refractivity contribution is -0.137. The van der Waals surface area contributed by atoms with Gasteiger partial charge in [0, 0.05) is 18.7 Å². The largest absolute Gasteiger partial charge is 0.416 e. The lowest BCUT2D eigenvalue weighted by atomic mass is 10.1. The van der Waals surface area contributed by atoms with Crippen LogP contribution in [0.25, 0.3) is 11.5 Å². The topological polar surface area (TPSA) is 80.5 Å². The molecule has 174 valence electrons. The maximum absolute atomic E-state index is 13.2. The Morgan fingerprint density at radius 2 is 1.82 bits per heavy atom. The fourth-order valence-electron chi connectivity index (χ4n) is 3.18. The molecule has 0 atom stereocenters. The molecule has 12 heteroatoms. The van der Waals surface area contributed by atoms with Crippen LogP contribution in [-0.4, -0.2) is 48.2 Å². The molecule has 0 radical (unpaired) electrons. The van der Waals surface area contributed by atoms with Crippen LogP contribution in [0.2, 0.25) is 0 Å². The molecule has 0 unspecified atom stereocenters. The maximum atomic E-state index is 13.2. The van der Waals surface area contributed by atoms with Gasteiger partial charge in [0.05, 0.1) is 35.9 Å². The molecule has 2 heterocycles. The highest BCUT2D eigenvalue weighted by atomic mass is 32.2. The Morgan fingerprint density at radius 3 is 2.52 bits per heavy atom. The van der Waals surface area contributed by atoms with Crippen LogP contribution >= 0.6 is 11.8 Å². The van der Waals surface area contributed by atoms with Gasteiger partial charge in [-0.3, -0.25) is 4.79 Å². The predicted octanol–water partition coefficient (Wildman–Crippen LogP) is 4.46. The Bertz CT molecular complexity index is 1120. The number of anilines is 2. The number of amides is 1. The minimum absolute atomic E-state index is 0.0647. The van der Waals surface area contributed by atoms with Gasteiger partial charge in [-0.1, -0.05) is 11.8 Å². The Morgan fingerprint density at radius 1 is 1.09 bits per heavy atom. The molecular formula is C21H18F4N4O3S. The molecule has 0 saturated carbocycles. The number of aromatic nitrogens is 2. The molecule has 3 aromatic rings. The van der Waals surface area contributed by atoms with E-state index in [1.54, 1.807) is 0 Å². The monoisotopic (exact) mass is 482 g/mol. The van der Waals surface area contributed by atoms with Crippen LogP contribution < -0.4 is 10.2 Å². The summed E-state index contributed by atoms with van der Waals surface area (Å²) in [6.07, 6.45) is -4.54. The van der Waals surface area contributed by atoms with Gasteiger partial charge >= 0.3 is 6.18 Å². The molecular weight excluding hydrogens is 464 g/mol. The molecule has 1 N–H and O–H groups in total. The summed E-state index contributed by atoms with van der Waals surface area (Å²) in [6.45, 7) is 1.88. The molecule has 0 spiro atoms. The van der Waals surface area contributed by atoms with Gasteiger partial charge in [0.2, 0.25) is 11.8 Å². The van der Waals surface area contributed by atoms with Crippen LogP contribution in [0, 0.1) is 5.82 Å². The summed E-state index contributed by atoms with van der Waals surface area (Å²) in [5.74, 6) is -0.944. The van der Waals surface area contributed by atoms with Gasteiger partial charge in [-0.2, -0.15) is 13.2 Å². The number of ether oxygens (including phenoxy) is 1. The Balaban J connectivity index is 1.44. The highest BCUT2D eigenvalue weighted by molar-refractivity contribution is 7.99. The second-order valence-corrected chi connectivity index (χ2v) is 7.97. The standard InChI is InChI=1S/C21H18F4N4O3S/c22-15-4-1-13(2-5-15)19-27-28-20(32-19)33-12-18(30)26-16-11-14(21(23,24)25)3-6-17(16)29-7-9-31-10-8-29/h1-6,11H,7-10,12H2,(H,26,30). The van der Waals surface area contributed by atoms with E-state index in [-0.39, 0.29) is 22.6 Å². The van der Waals surface area contributed by atoms with E-state index in [2.05, 4.69) is 15.5 Å². The summed E-state index contributed by atoms with van der Waals surface area (Å²) in [4.78, 5) is 14.4. The van der Waals surface area contributed by atoms with Crippen molar-refractivity contribution in [3.63, 3.8) is 0 Å². The number of thioether (sulfide) groups is 1. The molecule has 1 amide bonds. The average Bonchev–Trinajstić information content (AvgIpc) is 3.27. The van der Waals surface area contributed by atoms with E-state index in [4.69, 9.17) is 9.15 Å². The van der Waals surface area contributed by atoms with Crippen molar-refractivity contribution in [3.05, 3.63) is 53.8 Å². The molecule has 4 rings (SSSR count). The summed E-state index contributed by atoms with van der Waals surface area (Å²) < 4.78 is 63.4. The van der Waals surface area contributed by atoms with Gasteiger partial charge in [0.25, 0.3) is 5.22 Å². The van der Waals surface area contributed by atoms with E-state index in [0.29, 0.717) is 37.6 Å². The van der Waals surface area contributed by atoms with Crippen molar-refractivity contribution < 1.29 is 31.5 Å². The van der Waals surface area contributed by atoms with Crippen molar-refractivity contribution in [2.24, 2.45) is 0 Å². The zero-order chi connectivity index (χ0) is 23.4. The van der Waals surface area contributed by atoms with Crippen LogP contribution in [0.5, 0.6) is 0 Å². The number of hydrogen-bond donors (Lipinski definition) is 1. The van der Waals surface area contributed by atoms with Crippen molar-refractivity contribution in [1.82, 2.24) is 10.2 Å². The average molecular weight is 482 g/mol. The highest BCUT2D eigenvalue weighted by Crippen LogP contribution is 2.36. The lowest BCUT2D eigenvalue weighted by Gasteiger charge is -2.31. The predicted molar refractivity (Wildman–Crippen MR) is 114 cm³/mol. The molecule has 1 fully saturated rings. The number of carbonyl (C=O) groups excluding carboxylic acids is 1. The first-order chi connectivity index (χ1) is 15.8. The van der Waals surface area contributed by atoms with Crippen molar-refractivity contribution in [2.75, 3.05) is 42.3 Å². The molecule has 33 heavy (non-hydrogen) atoms. The van der Waals surface area contributed by atoms with Gasteiger partial charge in [-0.25, -0.2) is 4.39 Å². The smallest absolute Gasteiger partial charge is 0.411 e. The number of nitrogens with one attached hydrogen (secondary N) is 1. The molecule has 1 aliphatic heterocycles. The number of hydrogen-bond acceptors (Lipinski definition) is 7. The van der Waals surface area contributed by atoms with E-state index in [1.807, 2.05) is 4.90 Å². The van der Waals surface area contributed by atoms with Gasteiger partial charge in [-0.15, -0.1) is 10.2 Å². The third-order valence-corrected chi connectivity index (χ3v) is 5.59. The fraction of sp³-hybridized carbons (Fsp3) is 0.286. The van der Waals surface area contributed by atoms with Gasteiger partial charge in [-0.05, 0) is 42.5 Å². The lowest BCUT2D eigenvalue weighted by Crippen LogP contribution is -2.37. The van der Waals surface area contributed by atoms with Crippen LogP contribution in [0.4, 0.5) is 28.9 Å². The zero-order valence-electron chi connectivity index (χ0n) is 17.1. The van der Waals surface area contributed by atoms with Gasteiger partial charge in [0.15, 0.2) is 0 Å². The van der Waals surface area contributed by atoms with Crippen molar-refractivity contribution >= 4 is 29.0 Å². The Kier molecular flexibility index (Phi) is 6.84. The number of morpholine rings is 1. The van der Waals surface area contributed by atoms with Crippen LogP contribution in [0.3, 0.4) is 0 Å². The molecule has 2 aromatic carbocycles. The van der Waals surface area contributed by atoms with E-state index < -0.39 is 23.5 Å². The normalized spacial score (nSPS) is 14.4. The van der Waals surface area contributed by atoms with Crippen LogP contribution in [0.15, 0.2) is 52.1 Å². The quantitative estimate of drug-likeness (QED) is 0.410. The number of carbonyl (C=O) groups is 1. The minimum atomic E-state index is -4.54. The number of nitrogens with zero attached hydrogens (tertiary/aromatic N) is 3. The molecule has 0 bridgehead atoms. The summed E-state index contributed by atoms with van der Waals surface area (Å²) in [7, 11) is 0. The molecule has 1 saturated heterocycles. The molecule has 7 nitrogen and oxygen atoms in total. The van der Waals surface area contributed by atoms with E-state index in [0.717, 1.165) is 23.9 Å². The third-order valence-electron chi connectivity index (χ3n) is 4.77. The van der Waals surface area contributed by atoms with Gasteiger partial charge < -0.3 is 19.4 Å². The summed E-state index contributed by atoms with van der Waals surface area (Å²) >= 11 is 0.935. The summed E-state index contributed by atoms with van der Waals surface area (Å²) in [5.41, 5.74) is 0.207. The highest BCUT2D eigenvalue weighted by Gasteiger charge is 2.32. The molecule has 1 aliphatic rings. The maximum Gasteiger partial charge on any atom is 0.416 e. The van der Waals surface area contributed by atoms with Gasteiger partial charge in [0.1, 0.15) is 5.82 Å². The van der Waals surface area contributed by atoms with Crippen molar-refractivity contribution in [2.45, 2.75) is 11.4 Å². The second kappa shape index (κ2) is 9.79. The van der Waals surface area contributed by atoms with E-state index in [9.17, 15) is 22.4 Å². The fourth-order valence-corrected chi connectivity index (χ4v) is 3.75. The number of halogens is 4. The van der Waals surface area contributed by atoms with E-state index in [1.165, 1.54) is 30.3 Å². The van der Waals surface area contributed by atoms with E-state index >= 15 is 0 Å². The second-order valence-electron chi connectivity index (χ2n) is 7.05. The van der Waals surface area contributed by atoms with Crippen molar-refractivity contribution in [3.8, 4) is 11.5 Å². The van der Waals surface area contributed by atoms with Crippen LogP contribution in [0.1, 0.15) is 5.56 Å². The summed E-state index contributed by atoms with van der Waals surface area (Å²) in [5, 5.41) is 10.4. The zero-order valence-corrected chi connectivity index (χ0v) is 17.9. The van der Waals surface area contributed by atoms with Crippen molar-refractivity contribution in [1.29, 1.82) is 0 Å². The minimum Gasteiger partial charge on any atom is -0.411 e. The summed E-state index contributed by atoms with van der Waals surface area (Å²) in [6, 6.07) is 8.72. The first-order valence-corrected chi connectivity index (χ1v) is 10.8. The third kappa shape index (κ3) is 5.82. The first kappa shape index (κ1) is 23.1. The Labute approximate surface area is 190 Å². The Hall–Kier alpha value is -3.12. The number of rotatable bonds is 6. The molecule has 1 aromatic heterocycles. The first-order valence-electron chi connectivity index (χ1n) is 9.85. The molecule has 0 aliphatic carbocycles. The SMILES string of the molecule is O=C(CSc1nnc(-c2ccc(F)cc2)o1)Nc1cc(C(F)(F)F)ccc1N1CCOCC1. The van der Waals surface area contributed by atoms with Crippen LogP contribution in [-0.2, 0) is 15.7 Å². The number of alkyl halides is 3.